The largest absolute Gasteiger partial charge is 0.359 e. The molecule has 1 fully saturated rings. The summed E-state index contributed by atoms with van der Waals surface area (Å²) in [4.78, 5) is 0. The van der Waals surface area contributed by atoms with Gasteiger partial charge in [-0.3, -0.25) is 0 Å². The van der Waals surface area contributed by atoms with E-state index < -0.39 is 0 Å². The Kier molecular flexibility index (Phi) is 9.95. The van der Waals surface area contributed by atoms with Gasteiger partial charge in [0.1, 0.15) is 6.79 Å². The van der Waals surface area contributed by atoms with Crippen LogP contribution in [0.5, 0.6) is 0 Å². The molecule has 5 rings (SSSR count). The Balaban J connectivity index is 1.28. The molecular formula is C34H44N4O2. The topological polar surface area (TPSA) is 72.9 Å². The van der Waals surface area contributed by atoms with Crippen molar-refractivity contribution in [3.05, 3.63) is 89.8 Å². The van der Waals surface area contributed by atoms with E-state index in [0.29, 0.717) is 12.7 Å². The first-order valence-electron chi connectivity index (χ1n) is 15.1. The molecule has 2 aliphatic rings. The number of unbranched alkanes of at least 4 members (excludes halogenated alkanes) is 6. The first kappa shape index (κ1) is 28.4. The summed E-state index contributed by atoms with van der Waals surface area (Å²) in [5.74, 6) is 1.21. The van der Waals surface area contributed by atoms with E-state index >= 15 is 0 Å². The summed E-state index contributed by atoms with van der Waals surface area (Å²) >= 11 is 0. The summed E-state index contributed by atoms with van der Waals surface area (Å²) in [5, 5.41) is 14.3. The fourth-order valence-electron chi connectivity index (χ4n) is 7.24. The molecular weight excluding hydrogens is 496 g/mol. The highest BCUT2D eigenvalue weighted by molar-refractivity contribution is 5.90. The molecule has 1 N–H and O–H groups in total. The first-order valence-corrected chi connectivity index (χ1v) is 15.1. The van der Waals surface area contributed by atoms with E-state index in [1.54, 1.807) is 12.7 Å². The maximum Gasteiger partial charge on any atom is 0.174 e. The fraction of sp³-hybridized carbons (Fsp3) is 0.500. The number of hydrogen-bond donors (Lipinski definition) is 1. The number of fused-ring (bicyclic) bond motifs is 1. The number of hydrogen-bond acceptors (Lipinski definition) is 5. The average molecular weight is 541 g/mol. The summed E-state index contributed by atoms with van der Waals surface area (Å²) in [6, 6.07) is 21.9. The Morgan fingerprint density at radius 3 is 2.27 bits per heavy atom. The second kappa shape index (κ2) is 14.0. The van der Waals surface area contributed by atoms with Crippen molar-refractivity contribution < 1.29 is 9.47 Å². The molecule has 1 saturated carbocycles. The Labute approximate surface area is 239 Å². The number of nitrogens with zero attached hydrogens (tertiary/aromatic N) is 3. The van der Waals surface area contributed by atoms with Crippen molar-refractivity contribution in [2.75, 3.05) is 13.9 Å². The van der Waals surface area contributed by atoms with Gasteiger partial charge >= 0.3 is 0 Å². The Morgan fingerprint density at radius 2 is 1.60 bits per heavy atom. The minimum absolute atomic E-state index is 0.102. The molecule has 6 heteroatoms. The fourth-order valence-corrected chi connectivity index (χ4v) is 7.24. The van der Waals surface area contributed by atoms with Gasteiger partial charge in [-0.2, -0.15) is 5.21 Å². The van der Waals surface area contributed by atoms with Gasteiger partial charge in [0.25, 0.3) is 0 Å². The van der Waals surface area contributed by atoms with Gasteiger partial charge in [-0.1, -0.05) is 110 Å². The van der Waals surface area contributed by atoms with Gasteiger partial charge in [-0.05, 0) is 60.8 Å². The van der Waals surface area contributed by atoms with Crippen LogP contribution in [0.1, 0.15) is 87.6 Å². The lowest BCUT2D eigenvalue weighted by atomic mass is 9.66. The zero-order chi connectivity index (χ0) is 27.6. The number of nitrogens with one attached hydrogen (secondary N) is 1. The molecule has 0 saturated heterocycles. The van der Waals surface area contributed by atoms with Crippen LogP contribution in [0.3, 0.4) is 0 Å². The van der Waals surface area contributed by atoms with E-state index in [1.165, 1.54) is 60.8 Å². The maximum atomic E-state index is 6.32. The lowest BCUT2D eigenvalue weighted by molar-refractivity contribution is -0.0858. The van der Waals surface area contributed by atoms with Crippen LogP contribution in [0.4, 0.5) is 0 Å². The summed E-state index contributed by atoms with van der Waals surface area (Å²) in [6.45, 7) is 5.14. The minimum atomic E-state index is -0.102. The number of allylic oxidation sites excluding steroid dienone is 3. The van der Waals surface area contributed by atoms with Gasteiger partial charge in [0, 0.05) is 24.9 Å². The number of aromatic amines is 1. The van der Waals surface area contributed by atoms with Crippen molar-refractivity contribution in [1.29, 1.82) is 0 Å². The zero-order valence-corrected chi connectivity index (χ0v) is 24.0. The van der Waals surface area contributed by atoms with Gasteiger partial charge in [0.2, 0.25) is 0 Å². The van der Waals surface area contributed by atoms with Crippen molar-refractivity contribution >= 4 is 11.1 Å². The Hall–Kier alpha value is -3.09. The van der Waals surface area contributed by atoms with Crippen LogP contribution >= 0.6 is 0 Å². The molecule has 40 heavy (non-hydrogen) atoms. The van der Waals surface area contributed by atoms with Crippen molar-refractivity contribution in [1.82, 2.24) is 20.6 Å². The molecule has 3 atom stereocenters. The van der Waals surface area contributed by atoms with Gasteiger partial charge < -0.3 is 9.47 Å². The van der Waals surface area contributed by atoms with Crippen LogP contribution in [0.25, 0.3) is 11.1 Å². The minimum Gasteiger partial charge on any atom is -0.359 e. The third kappa shape index (κ3) is 6.29. The highest BCUT2D eigenvalue weighted by Gasteiger charge is 2.57. The summed E-state index contributed by atoms with van der Waals surface area (Å²) in [5.41, 5.74) is 6.88. The average Bonchev–Trinajstić information content (AvgIpc) is 3.72. The highest BCUT2D eigenvalue weighted by Crippen LogP contribution is 2.66. The lowest BCUT2D eigenvalue weighted by Crippen LogP contribution is -2.30. The Bertz CT molecular complexity index is 1230. The van der Waals surface area contributed by atoms with Crippen LogP contribution in [-0.2, 0) is 15.9 Å². The van der Waals surface area contributed by atoms with Crippen LogP contribution in [0.15, 0.2) is 72.8 Å². The number of methoxy groups -OCH3 is 1. The summed E-state index contributed by atoms with van der Waals surface area (Å²) in [6.07, 6.45) is 14.2. The molecule has 3 aromatic rings. The standard InChI is InChI=1S/C34H44N4O2/c1-26(27-16-11-8-12-17-27)34-23-22-31(40-25-39-2)30(34)24-29(33(34)28-18-13-9-14-19-28)20-10-6-4-3-5-7-15-21-32-35-37-38-36-32/h8-9,11-14,16-19,30-31H,1,3-7,10,15,20-25H2,2H3,(H,35,36,37,38). The molecule has 6 nitrogen and oxygen atoms in total. The van der Waals surface area contributed by atoms with E-state index in [-0.39, 0.29) is 11.5 Å². The molecule has 1 heterocycles. The molecule has 2 aromatic carbocycles. The monoisotopic (exact) mass is 540 g/mol. The predicted molar refractivity (Wildman–Crippen MR) is 160 cm³/mol. The second-order valence-corrected chi connectivity index (χ2v) is 11.4. The smallest absolute Gasteiger partial charge is 0.174 e. The van der Waals surface area contributed by atoms with Gasteiger partial charge in [0.05, 0.1) is 6.10 Å². The molecule has 0 bridgehead atoms. The van der Waals surface area contributed by atoms with Crippen LogP contribution in [0.2, 0.25) is 0 Å². The van der Waals surface area contributed by atoms with Gasteiger partial charge in [-0.15, -0.1) is 10.2 Å². The number of tetrazole rings is 1. The predicted octanol–water partition coefficient (Wildman–Crippen LogP) is 7.82. The SMILES string of the molecule is C=C(c1ccccc1)C12CCC(OCOC)C1CC(CCCCCCCCCc1nn[nH]n1)=C2c1ccccc1. The molecule has 212 valence electrons. The van der Waals surface area contributed by atoms with Crippen molar-refractivity contribution in [2.24, 2.45) is 11.3 Å². The quantitative estimate of drug-likeness (QED) is 0.148. The van der Waals surface area contributed by atoms with Crippen molar-refractivity contribution in [3.8, 4) is 0 Å². The van der Waals surface area contributed by atoms with E-state index in [2.05, 4.69) is 81.3 Å². The third-order valence-electron chi connectivity index (χ3n) is 9.06. The van der Waals surface area contributed by atoms with Crippen molar-refractivity contribution in [3.63, 3.8) is 0 Å². The number of H-pyrrole nitrogens is 1. The number of aromatic nitrogens is 4. The van der Waals surface area contributed by atoms with E-state index in [9.17, 15) is 0 Å². The number of aryl methyl sites for hydroxylation is 1. The summed E-state index contributed by atoms with van der Waals surface area (Å²) in [7, 11) is 1.72. The third-order valence-corrected chi connectivity index (χ3v) is 9.06. The number of benzene rings is 2. The number of rotatable bonds is 16. The molecule has 1 aromatic heterocycles. The van der Waals surface area contributed by atoms with Crippen molar-refractivity contribution in [2.45, 2.75) is 83.2 Å². The normalized spacial score (nSPS) is 22.1. The molecule has 0 spiro atoms. The summed E-state index contributed by atoms with van der Waals surface area (Å²) < 4.78 is 11.7. The highest BCUT2D eigenvalue weighted by atomic mass is 16.7. The second-order valence-electron chi connectivity index (χ2n) is 11.4. The Morgan fingerprint density at radius 1 is 0.925 bits per heavy atom. The van der Waals surface area contributed by atoms with E-state index in [1.807, 2.05) is 0 Å². The van der Waals surface area contributed by atoms with Gasteiger partial charge in [-0.25, -0.2) is 0 Å². The van der Waals surface area contributed by atoms with E-state index in [4.69, 9.17) is 16.1 Å². The van der Waals surface area contributed by atoms with Crippen LogP contribution in [-0.4, -0.2) is 40.6 Å². The molecule has 0 radical (unpaired) electrons. The van der Waals surface area contributed by atoms with Crippen LogP contribution in [0, 0.1) is 11.3 Å². The number of ether oxygens (including phenoxy) is 2. The zero-order valence-electron chi connectivity index (χ0n) is 24.0. The molecule has 0 amide bonds. The molecule has 3 unspecified atom stereocenters. The maximum absolute atomic E-state index is 6.32. The lowest BCUT2D eigenvalue weighted by Gasteiger charge is -2.37. The van der Waals surface area contributed by atoms with Crippen LogP contribution < -0.4 is 0 Å². The van der Waals surface area contributed by atoms with Gasteiger partial charge in [0.15, 0.2) is 5.82 Å². The molecule has 0 aliphatic heterocycles. The van der Waals surface area contributed by atoms with E-state index in [0.717, 1.165) is 44.3 Å². The first-order chi connectivity index (χ1) is 19.7. The molecule has 2 aliphatic carbocycles.